The summed E-state index contributed by atoms with van der Waals surface area (Å²) in [6.45, 7) is 6.15. The third-order valence-electron chi connectivity index (χ3n) is 3.09. The third-order valence-corrected chi connectivity index (χ3v) is 3.09. The van der Waals surface area contributed by atoms with Gasteiger partial charge in [0, 0.05) is 50.7 Å². The van der Waals surface area contributed by atoms with Crippen LogP contribution in [0.4, 0.5) is 0 Å². The summed E-state index contributed by atoms with van der Waals surface area (Å²) in [5, 5.41) is 6.26. The highest BCUT2D eigenvalue weighted by Gasteiger charge is 2.09. The van der Waals surface area contributed by atoms with E-state index in [1.165, 1.54) is 0 Å². The van der Waals surface area contributed by atoms with E-state index in [-0.39, 0.29) is 5.91 Å². The molecule has 0 aromatic carbocycles. The van der Waals surface area contributed by atoms with E-state index in [1.54, 1.807) is 24.5 Å². The summed E-state index contributed by atoms with van der Waals surface area (Å²) in [4.78, 5) is 18.1. The molecule has 18 heavy (non-hydrogen) atoms. The number of amides is 1. The molecule has 1 aliphatic rings. The molecule has 1 aromatic heterocycles. The van der Waals surface area contributed by atoms with E-state index in [4.69, 9.17) is 0 Å². The Labute approximate surface area is 108 Å². The molecule has 0 radical (unpaired) electrons. The number of aromatic nitrogens is 1. The number of piperazine rings is 1. The standard InChI is InChI=1S/C13H20N4O/c18-13(12-2-5-14-6-3-12)16-4-1-9-17-10-7-15-8-11-17/h2-3,5-6,15H,1,4,7-11H2,(H,16,18). The second-order valence-electron chi connectivity index (χ2n) is 4.44. The van der Waals surface area contributed by atoms with Crippen LogP contribution in [0.25, 0.3) is 0 Å². The van der Waals surface area contributed by atoms with Crippen LogP contribution in [0.3, 0.4) is 0 Å². The SMILES string of the molecule is O=C(NCCCN1CCNCC1)c1ccncc1. The van der Waals surface area contributed by atoms with Crippen molar-refractivity contribution in [2.75, 3.05) is 39.3 Å². The number of hydrogen-bond acceptors (Lipinski definition) is 4. The predicted octanol–water partition coefficient (Wildman–Crippen LogP) is 0.107. The van der Waals surface area contributed by atoms with Crippen molar-refractivity contribution in [2.24, 2.45) is 0 Å². The Bertz CT molecular complexity index is 363. The average molecular weight is 248 g/mol. The fourth-order valence-electron chi connectivity index (χ4n) is 2.04. The normalized spacial score (nSPS) is 16.4. The maximum absolute atomic E-state index is 11.7. The lowest BCUT2D eigenvalue weighted by Gasteiger charge is -2.27. The summed E-state index contributed by atoms with van der Waals surface area (Å²) in [7, 11) is 0. The Morgan fingerprint density at radius 2 is 2.06 bits per heavy atom. The molecule has 0 unspecified atom stereocenters. The minimum absolute atomic E-state index is 0.0160. The van der Waals surface area contributed by atoms with E-state index in [0.717, 1.165) is 45.7 Å². The molecule has 5 nitrogen and oxygen atoms in total. The Balaban J connectivity index is 1.62. The molecule has 2 rings (SSSR count). The van der Waals surface area contributed by atoms with E-state index in [0.29, 0.717) is 5.56 Å². The first-order chi connectivity index (χ1) is 8.86. The van der Waals surface area contributed by atoms with E-state index in [2.05, 4.69) is 20.5 Å². The van der Waals surface area contributed by atoms with Gasteiger partial charge in [0.1, 0.15) is 0 Å². The number of hydrogen-bond donors (Lipinski definition) is 2. The molecule has 0 bridgehead atoms. The molecule has 1 aromatic rings. The van der Waals surface area contributed by atoms with Crippen molar-refractivity contribution in [1.82, 2.24) is 20.5 Å². The summed E-state index contributed by atoms with van der Waals surface area (Å²) in [6, 6.07) is 3.46. The first-order valence-electron chi connectivity index (χ1n) is 6.47. The largest absolute Gasteiger partial charge is 0.352 e. The minimum Gasteiger partial charge on any atom is -0.352 e. The predicted molar refractivity (Wildman–Crippen MR) is 70.5 cm³/mol. The van der Waals surface area contributed by atoms with Gasteiger partial charge in [-0.1, -0.05) is 0 Å². The van der Waals surface area contributed by atoms with Crippen LogP contribution in [0.2, 0.25) is 0 Å². The molecule has 1 aliphatic heterocycles. The van der Waals surface area contributed by atoms with E-state index in [9.17, 15) is 4.79 Å². The molecule has 2 heterocycles. The molecule has 0 saturated carbocycles. The van der Waals surface area contributed by atoms with Crippen molar-refractivity contribution < 1.29 is 4.79 Å². The number of pyridine rings is 1. The highest BCUT2D eigenvalue weighted by Crippen LogP contribution is 1.97. The molecular formula is C13H20N4O. The smallest absolute Gasteiger partial charge is 0.251 e. The highest BCUT2D eigenvalue weighted by atomic mass is 16.1. The Morgan fingerprint density at radius 3 is 2.78 bits per heavy atom. The number of carbonyl (C=O) groups excluding carboxylic acids is 1. The van der Waals surface area contributed by atoms with E-state index >= 15 is 0 Å². The molecule has 1 saturated heterocycles. The maximum Gasteiger partial charge on any atom is 0.251 e. The van der Waals surface area contributed by atoms with E-state index < -0.39 is 0 Å². The first-order valence-corrected chi connectivity index (χ1v) is 6.47. The summed E-state index contributed by atoms with van der Waals surface area (Å²) < 4.78 is 0. The van der Waals surface area contributed by atoms with Crippen molar-refractivity contribution in [3.05, 3.63) is 30.1 Å². The van der Waals surface area contributed by atoms with Crippen molar-refractivity contribution >= 4 is 5.91 Å². The van der Waals surface area contributed by atoms with Crippen molar-refractivity contribution in [2.45, 2.75) is 6.42 Å². The van der Waals surface area contributed by atoms with Gasteiger partial charge in [0.2, 0.25) is 0 Å². The highest BCUT2D eigenvalue weighted by molar-refractivity contribution is 5.93. The number of nitrogens with one attached hydrogen (secondary N) is 2. The molecule has 2 N–H and O–H groups in total. The molecule has 1 fully saturated rings. The molecular weight excluding hydrogens is 228 g/mol. The summed E-state index contributed by atoms with van der Waals surface area (Å²) in [5.41, 5.74) is 0.673. The van der Waals surface area contributed by atoms with Crippen LogP contribution in [0.5, 0.6) is 0 Å². The van der Waals surface area contributed by atoms with Gasteiger partial charge in [0.25, 0.3) is 5.91 Å². The molecule has 1 amide bonds. The third kappa shape index (κ3) is 4.09. The van der Waals surface area contributed by atoms with Gasteiger partial charge in [-0.3, -0.25) is 9.78 Å². The second-order valence-corrected chi connectivity index (χ2v) is 4.44. The van der Waals surface area contributed by atoms with Crippen LogP contribution in [-0.2, 0) is 0 Å². The zero-order valence-electron chi connectivity index (χ0n) is 10.6. The van der Waals surface area contributed by atoms with Gasteiger partial charge >= 0.3 is 0 Å². The van der Waals surface area contributed by atoms with Crippen LogP contribution < -0.4 is 10.6 Å². The summed E-state index contributed by atoms with van der Waals surface area (Å²) in [5.74, 6) is -0.0160. The zero-order chi connectivity index (χ0) is 12.6. The fourth-order valence-corrected chi connectivity index (χ4v) is 2.04. The topological polar surface area (TPSA) is 57.3 Å². The van der Waals surface area contributed by atoms with E-state index in [1.807, 2.05) is 0 Å². The maximum atomic E-state index is 11.7. The lowest BCUT2D eigenvalue weighted by Crippen LogP contribution is -2.44. The quantitative estimate of drug-likeness (QED) is 0.726. The molecule has 5 heteroatoms. The van der Waals surface area contributed by atoms with Crippen LogP contribution in [0.15, 0.2) is 24.5 Å². The van der Waals surface area contributed by atoms with Gasteiger partial charge in [-0.05, 0) is 25.1 Å². The summed E-state index contributed by atoms with van der Waals surface area (Å²) >= 11 is 0. The first kappa shape index (κ1) is 13.0. The second kappa shape index (κ2) is 7.08. The van der Waals surface area contributed by atoms with Crippen LogP contribution in [-0.4, -0.2) is 55.1 Å². The molecule has 0 aliphatic carbocycles. The number of rotatable bonds is 5. The Morgan fingerprint density at radius 1 is 1.33 bits per heavy atom. The molecule has 98 valence electrons. The van der Waals surface area contributed by atoms with Gasteiger partial charge in [-0.2, -0.15) is 0 Å². The van der Waals surface area contributed by atoms with Gasteiger partial charge in [-0.15, -0.1) is 0 Å². The van der Waals surface area contributed by atoms with Crippen molar-refractivity contribution in [3.63, 3.8) is 0 Å². The zero-order valence-corrected chi connectivity index (χ0v) is 10.6. The Kier molecular flexibility index (Phi) is 5.11. The number of carbonyl (C=O) groups is 1. The van der Waals surface area contributed by atoms with Crippen LogP contribution in [0, 0.1) is 0 Å². The van der Waals surface area contributed by atoms with Crippen molar-refractivity contribution in [3.8, 4) is 0 Å². The van der Waals surface area contributed by atoms with Crippen LogP contribution in [0.1, 0.15) is 16.8 Å². The summed E-state index contributed by atoms with van der Waals surface area (Å²) in [6.07, 6.45) is 4.27. The van der Waals surface area contributed by atoms with Gasteiger partial charge in [0.05, 0.1) is 0 Å². The average Bonchev–Trinajstić information content (AvgIpc) is 2.45. The minimum atomic E-state index is -0.0160. The fraction of sp³-hybridized carbons (Fsp3) is 0.538. The van der Waals surface area contributed by atoms with Crippen molar-refractivity contribution in [1.29, 1.82) is 0 Å². The lowest BCUT2D eigenvalue weighted by atomic mass is 10.2. The van der Waals surface area contributed by atoms with Gasteiger partial charge in [0.15, 0.2) is 0 Å². The molecule has 0 atom stereocenters. The lowest BCUT2D eigenvalue weighted by molar-refractivity contribution is 0.0951. The van der Waals surface area contributed by atoms with Gasteiger partial charge in [-0.25, -0.2) is 0 Å². The Hall–Kier alpha value is -1.46. The monoisotopic (exact) mass is 248 g/mol. The van der Waals surface area contributed by atoms with Gasteiger partial charge < -0.3 is 15.5 Å². The van der Waals surface area contributed by atoms with Crippen LogP contribution >= 0.6 is 0 Å². The number of nitrogens with zero attached hydrogens (tertiary/aromatic N) is 2. The molecule has 0 spiro atoms.